The number of fused-ring (bicyclic) bond motifs is 1. The van der Waals surface area contributed by atoms with Crippen LogP contribution in [0.4, 0.5) is 0 Å². The molecule has 1 amide bonds. The summed E-state index contributed by atoms with van der Waals surface area (Å²) in [6.45, 7) is 2.98. The van der Waals surface area contributed by atoms with E-state index >= 15 is 0 Å². The van der Waals surface area contributed by atoms with Crippen LogP contribution in [-0.4, -0.2) is 49.6 Å². The zero-order valence-electron chi connectivity index (χ0n) is 17.1. The SMILES string of the molecule is COc1ccc(C[NH+](C)CC(=O)N2CCC[C@H](c3nc4ccccc4s3)C2)cc1. The molecule has 1 aromatic heterocycles. The molecular formula is C23H28N3O2S+. The largest absolute Gasteiger partial charge is 0.497 e. The van der Waals surface area contributed by atoms with Crippen molar-refractivity contribution in [2.24, 2.45) is 0 Å². The molecule has 6 heteroatoms. The van der Waals surface area contributed by atoms with E-state index < -0.39 is 0 Å². The van der Waals surface area contributed by atoms with Crippen LogP contribution < -0.4 is 9.64 Å². The van der Waals surface area contributed by atoms with Crippen LogP contribution in [0.1, 0.15) is 29.3 Å². The van der Waals surface area contributed by atoms with Gasteiger partial charge in [0.2, 0.25) is 0 Å². The fraction of sp³-hybridized carbons (Fsp3) is 0.391. The summed E-state index contributed by atoms with van der Waals surface area (Å²) in [4.78, 5) is 21.0. The van der Waals surface area contributed by atoms with E-state index in [4.69, 9.17) is 9.72 Å². The van der Waals surface area contributed by atoms with Crippen molar-refractivity contribution in [3.8, 4) is 5.75 Å². The topological polar surface area (TPSA) is 46.9 Å². The third-order valence-corrected chi connectivity index (χ3v) is 6.75. The molecule has 1 aliphatic rings. The lowest BCUT2D eigenvalue weighted by Crippen LogP contribution is -3.08. The summed E-state index contributed by atoms with van der Waals surface area (Å²) in [6.07, 6.45) is 2.15. The Morgan fingerprint density at radius 1 is 1.24 bits per heavy atom. The number of nitrogens with one attached hydrogen (secondary N) is 1. The van der Waals surface area contributed by atoms with Gasteiger partial charge in [0.25, 0.3) is 5.91 Å². The van der Waals surface area contributed by atoms with Crippen molar-refractivity contribution < 1.29 is 14.4 Å². The summed E-state index contributed by atoms with van der Waals surface area (Å²) >= 11 is 1.77. The van der Waals surface area contributed by atoms with Gasteiger partial charge in [-0.2, -0.15) is 0 Å². The molecule has 0 aliphatic carbocycles. The number of likely N-dealkylation sites (N-methyl/N-ethyl adjacent to an activating group) is 1. The number of methoxy groups -OCH3 is 1. The van der Waals surface area contributed by atoms with Gasteiger partial charge in [0.15, 0.2) is 6.54 Å². The maximum atomic E-state index is 12.9. The minimum Gasteiger partial charge on any atom is -0.497 e. The Morgan fingerprint density at radius 2 is 2.03 bits per heavy atom. The van der Waals surface area contributed by atoms with Gasteiger partial charge in [-0.05, 0) is 49.2 Å². The first-order chi connectivity index (χ1) is 14.1. The smallest absolute Gasteiger partial charge is 0.277 e. The normalized spacial score (nSPS) is 18.0. The highest BCUT2D eigenvalue weighted by atomic mass is 32.1. The van der Waals surface area contributed by atoms with Gasteiger partial charge < -0.3 is 14.5 Å². The zero-order valence-corrected chi connectivity index (χ0v) is 17.9. The quantitative estimate of drug-likeness (QED) is 0.680. The first kappa shape index (κ1) is 19.9. The summed E-state index contributed by atoms with van der Waals surface area (Å²) in [5.74, 6) is 1.45. The molecule has 1 unspecified atom stereocenters. The number of quaternary nitrogens is 1. The van der Waals surface area contributed by atoms with E-state index in [9.17, 15) is 4.79 Å². The van der Waals surface area contributed by atoms with Crippen LogP contribution in [0, 0.1) is 0 Å². The van der Waals surface area contributed by atoms with Gasteiger partial charge in [0, 0.05) is 24.6 Å². The number of likely N-dealkylation sites (tertiary alicyclic amines) is 1. The van der Waals surface area contributed by atoms with E-state index in [1.807, 2.05) is 23.1 Å². The molecule has 0 bridgehead atoms. The number of benzene rings is 2. The van der Waals surface area contributed by atoms with E-state index in [1.165, 1.54) is 20.2 Å². The maximum absolute atomic E-state index is 12.9. The lowest BCUT2D eigenvalue weighted by atomic mass is 9.98. The Bertz CT molecular complexity index is 937. The summed E-state index contributed by atoms with van der Waals surface area (Å²) in [5.41, 5.74) is 2.28. The van der Waals surface area contributed by atoms with Gasteiger partial charge >= 0.3 is 0 Å². The molecule has 4 rings (SSSR count). The number of aromatic nitrogens is 1. The van der Waals surface area contributed by atoms with Crippen LogP contribution in [0.2, 0.25) is 0 Å². The lowest BCUT2D eigenvalue weighted by Gasteiger charge is -2.32. The Hall–Kier alpha value is -2.44. The molecule has 1 aliphatic heterocycles. The number of amides is 1. The molecule has 2 atom stereocenters. The highest BCUT2D eigenvalue weighted by molar-refractivity contribution is 7.18. The minimum atomic E-state index is 0.238. The fourth-order valence-electron chi connectivity index (χ4n) is 3.99. The van der Waals surface area contributed by atoms with Gasteiger partial charge in [-0.15, -0.1) is 11.3 Å². The highest BCUT2D eigenvalue weighted by Crippen LogP contribution is 2.32. The first-order valence-electron chi connectivity index (χ1n) is 10.2. The average Bonchev–Trinajstić information content (AvgIpc) is 3.19. The number of hydrogen-bond donors (Lipinski definition) is 1. The number of ether oxygens (including phenoxy) is 1. The number of hydrogen-bond acceptors (Lipinski definition) is 4. The average molecular weight is 411 g/mol. The fourth-order valence-corrected chi connectivity index (χ4v) is 5.09. The van der Waals surface area contributed by atoms with E-state index in [0.29, 0.717) is 12.5 Å². The van der Waals surface area contributed by atoms with E-state index in [0.717, 1.165) is 43.7 Å². The molecule has 29 heavy (non-hydrogen) atoms. The molecule has 152 valence electrons. The van der Waals surface area contributed by atoms with E-state index in [2.05, 4.69) is 37.4 Å². The number of rotatable bonds is 6. The Labute approximate surface area is 175 Å². The van der Waals surface area contributed by atoms with E-state index in [-0.39, 0.29) is 5.91 Å². The van der Waals surface area contributed by atoms with Crippen molar-refractivity contribution in [3.63, 3.8) is 0 Å². The molecule has 5 nitrogen and oxygen atoms in total. The molecule has 2 heterocycles. The lowest BCUT2D eigenvalue weighted by molar-refractivity contribution is -0.885. The molecule has 0 spiro atoms. The number of para-hydroxylation sites is 1. The second-order valence-electron chi connectivity index (χ2n) is 7.86. The molecule has 1 N–H and O–H groups in total. The van der Waals surface area contributed by atoms with Gasteiger partial charge in [-0.3, -0.25) is 4.79 Å². The van der Waals surface area contributed by atoms with Crippen LogP contribution in [0.15, 0.2) is 48.5 Å². The first-order valence-corrected chi connectivity index (χ1v) is 11.0. The predicted molar refractivity (Wildman–Crippen MR) is 117 cm³/mol. The van der Waals surface area contributed by atoms with Crippen LogP contribution in [0.25, 0.3) is 10.2 Å². The Kier molecular flexibility index (Phi) is 6.11. The molecule has 1 saturated heterocycles. The van der Waals surface area contributed by atoms with Crippen LogP contribution in [-0.2, 0) is 11.3 Å². The number of nitrogens with zero attached hydrogens (tertiary/aromatic N) is 2. The molecular weight excluding hydrogens is 382 g/mol. The minimum absolute atomic E-state index is 0.238. The van der Waals surface area contributed by atoms with Gasteiger partial charge in [-0.25, -0.2) is 4.98 Å². The predicted octanol–water partition coefficient (Wildman–Crippen LogP) is 2.73. The van der Waals surface area contributed by atoms with Crippen LogP contribution in [0.5, 0.6) is 5.75 Å². The third-order valence-electron chi connectivity index (χ3n) is 5.55. The van der Waals surface area contributed by atoms with Gasteiger partial charge in [0.05, 0.1) is 29.4 Å². The maximum Gasteiger partial charge on any atom is 0.277 e. The summed E-state index contributed by atoms with van der Waals surface area (Å²) < 4.78 is 6.44. The van der Waals surface area contributed by atoms with Crippen molar-refractivity contribution in [2.75, 3.05) is 33.8 Å². The van der Waals surface area contributed by atoms with Crippen LogP contribution in [0.3, 0.4) is 0 Å². The third kappa shape index (κ3) is 4.77. The molecule has 0 radical (unpaired) electrons. The second-order valence-corrected chi connectivity index (χ2v) is 8.92. The summed E-state index contributed by atoms with van der Waals surface area (Å²) in [6, 6.07) is 16.4. The second kappa shape index (κ2) is 8.93. The number of carbonyl (C=O) groups excluding carboxylic acids is 1. The zero-order chi connectivity index (χ0) is 20.2. The van der Waals surface area contributed by atoms with Crippen molar-refractivity contribution in [1.29, 1.82) is 0 Å². The Morgan fingerprint density at radius 3 is 2.79 bits per heavy atom. The molecule has 0 saturated carbocycles. The van der Waals surface area contributed by atoms with Crippen molar-refractivity contribution in [1.82, 2.24) is 9.88 Å². The van der Waals surface area contributed by atoms with Crippen molar-refractivity contribution in [3.05, 3.63) is 59.1 Å². The van der Waals surface area contributed by atoms with E-state index in [1.54, 1.807) is 18.4 Å². The molecule has 2 aromatic carbocycles. The van der Waals surface area contributed by atoms with Gasteiger partial charge in [-0.1, -0.05) is 12.1 Å². The summed E-state index contributed by atoms with van der Waals surface area (Å²) in [5, 5.41) is 1.17. The molecule has 3 aromatic rings. The number of piperidine rings is 1. The molecule has 1 fully saturated rings. The number of thiazole rings is 1. The standard InChI is InChI=1S/C23H27N3O2S/c1-25(14-17-9-11-19(28-2)12-10-17)16-22(27)26-13-5-6-18(15-26)23-24-20-7-3-4-8-21(20)29-23/h3-4,7-12,18H,5-6,13-16H2,1-2H3/p+1/t18-/m0/s1. The Balaban J connectivity index is 1.35. The van der Waals surface area contributed by atoms with Crippen LogP contribution >= 0.6 is 11.3 Å². The van der Waals surface area contributed by atoms with Gasteiger partial charge in [0.1, 0.15) is 12.3 Å². The monoisotopic (exact) mass is 410 g/mol. The number of carbonyl (C=O) groups is 1. The summed E-state index contributed by atoms with van der Waals surface area (Å²) in [7, 11) is 3.75. The van der Waals surface area contributed by atoms with Crippen molar-refractivity contribution in [2.45, 2.75) is 25.3 Å². The highest BCUT2D eigenvalue weighted by Gasteiger charge is 2.28. The van der Waals surface area contributed by atoms with Crippen molar-refractivity contribution >= 4 is 27.5 Å².